The second-order valence-electron chi connectivity index (χ2n) is 2.63. The van der Waals surface area contributed by atoms with Gasteiger partial charge in [0.2, 0.25) is 0 Å². The van der Waals surface area contributed by atoms with E-state index < -0.39 is 0 Å². The third-order valence-electron chi connectivity index (χ3n) is 1.86. The monoisotopic (exact) mass is 143 g/mol. The number of hydrogen-bond acceptors (Lipinski definition) is 3. The lowest BCUT2D eigenvalue weighted by Gasteiger charge is -2.11. The van der Waals surface area contributed by atoms with Gasteiger partial charge in [0.1, 0.15) is 6.04 Å². The highest BCUT2D eigenvalue weighted by Gasteiger charge is 2.35. The molecule has 1 rings (SSSR count). The van der Waals surface area contributed by atoms with Crippen molar-refractivity contribution in [2.24, 2.45) is 5.92 Å². The summed E-state index contributed by atoms with van der Waals surface area (Å²) in [4.78, 5) is 10.9. The van der Waals surface area contributed by atoms with Gasteiger partial charge in [-0.1, -0.05) is 0 Å². The van der Waals surface area contributed by atoms with Crippen LogP contribution in [0.4, 0.5) is 0 Å². The Hall–Kier alpha value is -0.570. The highest BCUT2D eigenvalue weighted by Crippen LogP contribution is 2.32. The molecule has 10 heavy (non-hydrogen) atoms. The van der Waals surface area contributed by atoms with E-state index in [1.165, 1.54) is 7.11 Å². The Bertz CT molecular complexity index is 132. The summed E-state index contributed by atoms with van der Waals surface area (Å²) < 4.78 is 4.60. The van der Waals surface area contributed by atoms with Gasteiger partial charge in [0, 0.05) is 0 Å². The second kappa shape index (κ2) is 3.01. The standard InChI is InChI=1S/C7H13NO2/c1-8-6(5-3-4-5)7(9)10-2/h5-6,8H,3-4H2,1-2H3/t6-/m0/s1. The molecule has 1 aliphatic carbocycles. The Labute approximate surface area is 60.7 Å². The number of ether oxygens (including phenoxy) is 1. The summed E-state index contributed by atoms with van der Waals surface area (Å²) >= 11 is 0. The molecule has 3 nitrogen and oxygen atoms in total. The van der Waals surface area contributed by atoms with Gasteiger partial charge >= 0.3 is 5.97 Å². The molecule has 0 aliphatic heterocycles. The van der Waals surface area contributed by atoms with Crippen molar-refractivity contribution in [3.05, 3.63) is 0 Å². The topological polar surface area (TPSA) is 38.3 Å². The van der Waals surface area contributed by atoms with Gasteiger partial charge in [-0.3, -0.25) is 4.79 Å². The van der Waals surface area contributed by atoms with E-state index in [0.717, 1.165) is 12.8 Å². The van der Waals surface area contributed by atoms with Crippen molar-refractivity contribution in [3.63, 3.8) is 0 Å². The van der Waals surface area contributed by atoms with Gasteiger partial charge in [-0.15, -0.1) is 0 Å². The minimum atomic E-state index is -0.134. The molecule has 1 saturated carbocycles. The van der Waals surface area contributed by atoms with E-state index in [-0.39, 0.29) is 12.0 Å². The highest BCUT2D eigenvalue weighted by molar-refractivity contribution is 5.76. The second-order valence-corrected chi connectivity index (χ2v) is 2.63. The quantitative estimate of drug-likeness (QED) is 0.572. The number of hydrogen-bond donors (Lipinski definition) is 1. The third kappa shape index (κ3) is 1.48. The molecule has 1 fully saturated rings. The largest absolute Gasteiger partial charge is 0.468 e. The average Bonchev–Trinajstić information content (AvgIpc) is 2.73. The number of carbonyl (C=O) groups is 1. The van der Waals surface area contributed by atoms with Gasteiger partial charge in [-0.2, -0.15) is 0 Å². The summed E-state index contributed by atoms with van der Waals surface area (Å²) in [5.74, 6) is 0.391. The summed E-state index contributed by atoms with van der Waals surface area (Å²) in [6.07, 6.45) is 2.31. The fourth-order valence-electron chi connectivity index (χ4n) is 1.10. The molecule has 0 aromatic heterocycles. The number of rotatable bonds is 3. The third-order valence-corrected chi connectivity index (χ3v) is 1.86. The van der Waals surface area contributed by atoms with E-state index in [1.807, 2.05) is 0 Å². The zero-order valence-corrected chi connectivity index (χ0v) is 6.39. The maximum absolute atomic E-state index is 10.9. The molecule has 0 bridgehead atoms. The lowest BCUT2D eigenvalue weighted by atomic mass is 10.2. The van der Waals surface area contributed by atoms with Crippen molar-refractivity contribution in [2.45, 2.75) is 18.9 Å². The van der Waals surface area contributed by atoms with Crippen molar-refractivity contribution in [1.29, 1.82) is 0 Å². The van der Waals surface area contributed by atoms with Gasteiger partial charge in [-0.25, -0.2) is 0 Å². The first kappa shape index (κ1) is 7.54. The van der Waals surface area contributed by atoms with E-state index >= 15 is 0 Å². The number of nitrogens with one attached hydrogen (secondary N) is 1. The van der Waals surface area contributed by atoms with Gasteiger partial charge in [0.25, 0.3) is 0 Å². The molecule has 0 radical (unpaired) electrons. The predicted molar refractivity (Wildman–Crippen MR) is 37.6 cm³/mol. The van der Waals surface area contributed by atoms with Crippen LogP contribution < -0.4 is 5.32 Å². The summed E-state index contributed by atoms with van der Waals surface area (Å²) in [5.41, 5.74) is 0. The fourth-order valence-corrected chi connectivity index (χ4v) is 1.10. The smallest absolute Gasteiger partial charge is 0.323 e. The van der Waals surface area contributed by atoms with Gasteiger partial charge in [-0.05, 0) is 25.8 Å². The Morgan fingerprint density at radius 1 is 1.70 bits per heavy atom. The Kier molecular flexibility index (Phi) is 2.27. The molecule has 0 aromatic rings. The van der Waals surface area contributed by atoms with Crippen molar-refractivity contribution in [2.75, 3.05) is 14.2 Å². The van der Waals surface area contributed by atoms with Crippen LogP contribution in [0.2, 0.25) is 0 Å². The molecule has 0 heterocycles. The Balaban J connectivity index is 2.38. The van der Waals surface area contributed by atoms with Crippen molar-refractivity contribution >= 4 is 5.97 Å². The van der Waals surface area contributed by atoms with Crippen LogP contribution in [0.15, 0.2) is 0 Å². The van der Waals surface area contributed by atoms with E-state index in [4.69, 9.17) is 0 Å². The molecule has 3 heteroatoms. The van der Waals surface area contributed by atoms with Crippen LogP contribution in [0.5, 0.6) is 0 Å². The Morgan fingerprint density at radius 2 is 2.30 bits per heavy atom. The summed E-state index contributed by atoms with van der Waals surface area (Å²) in [6, 6.07) is -0.0648. The molecular weight excluding hydrogens is 130 g/mol. The van der Waals surface area contributed by atoms with Crippen LogP contribution in [-0.4, -0.2) is 26.2 Å². The molecule has 1 N–H and O–H groups in total. The average molecular weight is 143 g/mol. The minimum Gasteiger partial charge on any atom is -0.468 e. The lowest BCUT2D eigenvalue weighted by Crippen LogP contribution is -2.36. The van der Waals surface area contributed by atoms with Crippen LogP contribution >= 0.6 is 0 Å². The lowest BCUT2D eigenvalue weighted by molar-refractivity contribution is -0.143. The summed E-state index contributed by atoms with van der Waals surface area (Å²) in [5, 5.41) is 2.94. The summed E-state index contributed by atoms with van der Waals surface area (Å²) in [7, 11) is 3.22. The number of likely N-dealkylation sites (N-methyl/N-ethyl adjacent to an activating group) is 1. The normalized spacial score (nSPS) is 20.2. The van der Waals surface area contributed by atoms with Crippen LogP contribution in [-0.2, 0) is 9.53 Å². The van der Waals surface area contributed by atoms with E-state index in [2.05, 4.69) is 10.1 Å². The van der Waals surface area contributed by atoms with E-state index in [0.29, 0.717) is 5.92 Å². The fraction of sp³-hybridized carbons (Fsp3) is 0.857. The van der Waals surface area contributed by atoms with Crippen molar-refractivity contribution in [1.82, 2.24) is 5.32 Å². The highest BCUT2D eigenvalue weighted by atomic mass is 16.5. The maximum atomic E-state index is 10.9. The summed E-state index contributed by atoms with van der Waals surface area (Å²) in [6.45, 7) is 0. The first-order valence-electron chi connectivity index (χ1n) is 3.54. The van der Waals surface area contributed by atoms with E-state index in [1.54, 1.807) is 7.05 Å². The molecule has 1 aliphatic rings. The van der Waals surface area contributed by atoms with Crippen LogP contribution in [0.3, 0.4) is 0 Å². The van der Waals surface area contributed by atoms with Gasteiger partial charge in [0.15, 0.2) is 0 Å². The van der Waals surface area contributed by atoms with Crippen LogP contribution in [0.25, 0.3) is 0 Å². The van der Waals surface area contributed by atoms with E-state index in [9.17, 15) is 4.79 Å². The molecule has 0 aromatic carbocycles. The van der Waals surface area contributed by atoms with Gasteiger partial charge in [0.05, 0.1) is 7.11 Å². The number of methoxy groups -OCH3 is 1. The number of carbonyl (C=O) groups excluding carboxylic acids is 1. The SMILES string of the molecule is CN[C@H](C(=O)OC)C1CC1. The zero-order valence-electron chi connectivity index (χ0n) is 6.39. The molecular formula is C7H13NO2. The number of esters is 1. The van der Waals surface area contributed by atoms with Crippen molar-refractivity contribution in [3.8, 4) is 0 Å². The molecule has 0 spiro atoms. The zero-order chi connectivity index (χ0) is 7.56. The maximum Gasteiger partial charge on any atom is 0.323 e. The first-order chi connectivity index (χ1) is 4.79. The first-order valence-corrected chi connectivity index (χ1v) is 3.54. The Morgan fingerprint density at radius 3 is 2.60 bits per heavy atom. The van der Waals surface area contributed by atoms with Crippen LogP contribution in [0.1, 0.15) is 12.8 Å². The van der Waals surface area contributed by atoms with Crippen LogP contribution in [0, 0.1) is 5.92 Å². The molecule has 1 atom stereocenters. The van der Waals surface area contributed by atoms with Crippen molar-refractivity contribution < 1.29 is 9.53 Å². The molecule has 0 unspecified atom stereocenters. The molecule has 0 saturated heterocycles. The molecule has 0 amide bonds. The molecule has 58 valence electrons. The minimum absolute atomic E-state index is 0.0648. The predicted octanol–water partition coefficient (Wildman–Crippen LogP) is 0.157. The van der Waals surface area contributed by atoms with Gasteiger partial charge < -0.3 is 10.1 Å².